The second kappa shape index (κ2) is 5.89. The quantitative estimate of drug-likeness (QED) is 0.898. The van der Waals surface area contributed by atoms with Crippen LogP contribution in [0.2, 0.25) is 0 Å². The number of nitrogens with two attached hydrogens (primary N) is 1. The normalized spacial score (nSPS) is 12.4. The van der Waals surface area contributed by atoms with E-state index in [1.807, 2.05) is 38.5 Å². The molecule has 0 saturated heterocycles. The maximum absolute atomic E-state index is 5.87. The highest BCUT2D eigenvalue weighted by Crippen LogP contribution is 2.22. The lowest BCUT2D eigenvalue weighted by Gasteiger charge is -2.13. The molecule has 2 rings (SSSR count). The third kappa shape index (κ3) is 3.15. The second-order valence-corrected chi connectivity index (χ2v) is 4.77. The molecule has 0 saturated carbocycles. The summed E-state index contributed by atoms with van der Waals surface area (Å²) in [7, 11) is 0. The molecule has 102 valence electrons. The molecule has 2 N–H and O–H groups in total. The topological polar surface area (TPSA) is 53.1 Å². The lowest BCUT2D eigenvalue weighted by molar-refractivity contribution is 0.293. The predicted octanol–water partition coefficient (Wildman–Crippen LogP) is 2.81. The van der Waals surface area contributed by atoms with Crippen molar-refractivity contribution in [2.24, 2.45) is 5.73 Å². The number of aromatic nitrogens is 2. The summed E-state index contributed by atoms with van der Waals surface area (Å²) in [6, 6.07) is 6.14. The molecule has 19 heavy (non-hydrogen) atoms. The molecule has 1 aromatic carbocycles. The molecular formula is C15H21N3O. The van der Waals surface area contributed by atoms with E-state index >= 15 is 0 Å². The van der Waals surface area contributed by atoms with Crippen molar-refractivity contribution in [2.75, 3.05) is 0 Å². The Morgan fingerprint density at radius 2 is 2.21 bits per heavy atom. The van der Waals surface area contributed by atoms with Crippen molar-refractivity contribution in [3.63, 3.8) is 0 Å². The first-order chi connectivity index (χ1) is 9.11. The van der Waals surface area contributed by atoms with E-state index in [1.54, 1.807) is 0 Å². The van der Waals surface area contributed by atoms with Crippen LogP contribution in [-0.4, -0.2) is 9.55 Å². The van der Waals surface area contributed by atoms with Gasteiger partial charge in [-0.1, -0.05) is 12.1 Å². The fourth-order valence-electron chi connectivity index (χ4n) is 2.02. The number of hydrogen-bond acceptors (Lipinski definition) is 3. The second-order valence-electron chi connectivity index (χ2n) is 4.77. The van der Waals surface area contributed by atoms with Gasteiger partial charge in [-0.2, -0.15) is 0 Å². The standard InChI is InChI=1S/C15H21N3O/c1-4-18-10-17-8-14(18)9-19-15-6-5-13(12(3)16)7-11(15)2/h5-8,10,12H,4,9,16H2,1-3H3/t12-/m1/s1. The van der Waals surface area contributed by atoms with Gasteiger partial charge in [-0.15, -0.1) is 0 Å². The van der Waals surface area contributed by atoms with Crippen molar-refractivity contribution in [1.82, 2.24) is 9.55 Å². The molecule has 0 spiro atoms. The van der Waals surface area contributed by atoms with Crippen LogP contribution in [0.1, 0.15) is 36.7 Å². The minimum Gasteiger partial charge on any atom is -0.487 e. The number of aryl methyl sites for hydroxylation is 2. The minimum atomic E-state index is 0.0503. The summed E-state index contributed by atoms with van der Waals surface area (Å²) in [5.41, 5.74) is 9.19. The van der Waals surface area contributed by atoms with Crippen LogP contribution in [-0.2, 0) is 13.2 Å². The van der Waals surface area contributed by atoms with E-state index in [0.29, 0.717) is 6.61 Å². The van der Waals surface area contributed by atoms with Crippen LogP contribution in [0.4, 0.5) is 0 Å². The average Bonchev–Trinajstić information content (AvgIpc) is 2.84. The van der Waals surface area contributed by atoms with Crippen LogP contribution in [0, 0.1) is 6.92 Å². The average molecular weight is 259 g/mol. The lowest BCUT2D eigenvalue weighted by atomic mass is 10.1. The van der Waals surface area contributed by atoms with Crippen molar-refractivity contribution >= 4 is 0 Å². The number of imidazole rings is 1. The summed E-state index contributed by atoms with van der Waals surface area (Å²) >= 11 is 0. The predicted molar refractivity (Wildman–Crippen MR) is 76.0 cm³/mol. The Morgan fingerprint density at radius 3 is 2.84 bits per heavy atom. The van der Waals surface area contributed by atoms with E-state index < -0.39 is 0 Å². The Labute approximate surface area is 114 Å². The number of nitrogens with zero attached hydrogens (tertiary/aromatic N) is 2. The van der Waals surface area contributed by atoms with Gasteiger partial charge in [-0.05, 0) is 38.0 Å². The van der Waals surface area contributed by atoms with E-state index in [1.165, 1.54) is 0 Å². The molecular weight excluding hydrogens is 238 g/mol. The van der Waals surface area contributed by atoms with Crippen LogP contribution in [0.5, 0.6) is 5.75 Å². The zero-order valence-corrected chi connectivity index (χ0v) is 11.8. The fourth-order valence-corrected chi connectivity index (χ4v) is 2.02. The van der Waals surface area contributed by atoms with Crippen molar-refractivity contribution in [1.29, 1.82) is 0 Å². The maximum Gasteiger partial charge on any atom is 0.130 e. The molecule has 0 aliphatic carbocycles. The highest BCUT2D eigenvalue weighted by Gasteiger charge is 2.06. The Kier molecular flexibility index (Phi) is 4.22. The number of benzene rings is 1. The van der Waals surface area contributed by atoms with E-state index in [9.17, 15) is 0 Å². The molecule has 1 heterocycles. The van der Waals surface area contributed by atoms with Crippen LogP contribution in [0.25, 0.3) is 0 Å². The van der Waals surface area contributed by atoms with Crippen molar-refractivity contribution in [3.8, 4) is 5.75 Å². The largest absolute Gasteiger partial charge is 0.487 e. The first-order valence-corrected chi connectivity index (χ1v) is 6.59. The third-order valence-corrected chi connectivity index (χ3v) is 3.24. The molecule has 0 unspecified atom stereocenters. The summed E-state index contributed by atoms with van der Waals surface area (Å²) in [4.78, 5) is 4.13. The fraction of sp³-hybridized carbons (Fsp3) is 0.400. The highest BCUT2D eigenvalue weighted by molar-refractivity contribution is 5.37. The van der Waals surface area contributed by atoms with E-state index in [-0.39, 0.29) is 6.04 Å². The molecule has 0 aliphatic heterocycles. The summed E-state index contributed by atoms with van der Waals surface area (Å²) in [6.45, 7) is 7.55. The lowest BCUT2D eigenvalue weighted by Crippen LogP contribution is -2.07. The van der Waals surface area contributed by atoms with Gasteiger partial charge in [0.25, 0.3) is 0 Å². The summed E-state index contributed by atoms with van der Waals surface area (Å²) in [6.07, 6.45) is 3.67. The van der Waals surface area contributed by atoms with Crippen molar-refractivity contribution in [2.45, 2.75) is 40.0 Å². The Bertz CT molecular complexity index is 546. The number of rotatable bonds is 5. The molecule has 0 radical (unpaired) electrons. The van der Waals surface area contributed by atoms with E-state index in [4.69, 9.17) is 10.5 Å². The molecule has 1 aromatic heterocycles. The maximum atomic E-state index is 5.87. The summed E-state index contributed by atoms with van der Waals surface area (Å²) < 4.78 is 7.93. The minimum absolute atomic E-state index is 0.0503. The molecule has 4 heteroatoms. The summed E-state index contributed by atoms with van der Waals surface area (Å²) in [5.74, 6) is 0.897. The summed E-state index contributed by atoms with van der Waals surface area (Å²) in [5, 5.41) is 0. The number of ether oxygens (including phenoxy) is 1. The van der Waals surface area contributed by atoms with Gasteiger partial charge in [-0.3, -0.25) is 0 Å². The van der Waals surface area contributed by atoms with Gasteiger partial charge in [0, 0.05) is 12.6 Å². The zero-order valence-electron chi connectivity index (χ0n) is 11.8. The molecule has 0 fully saturated rings. The van der Waals surface area contributed by atoms with Gasteiger partial charge < -0.3 is 15.0 Å². The Hall–Kier alpha value is -1.81. The van der Waals surface area contributed by atoms with Crippen molar-refractivity contribution in [3.05, 3.63) is 47.5 Å². The van der Waals surface area contributed by atoms with Crippen LogP contribution >= 0.6 is 0 Å². The Morgan fingerprint density at radius 1 is 1.42 bits per heavy atom. The monoisotopic (exact) mass is 259 g/mol. The van der Waals surface area contributed by atoms with Gasteiger partial charge in [0.05, 0.1) is 18.2 Å². The SMILES string of the molecule is CCn1cncc1COc1ccc([C@@H](C)N)cc1C. The van der Waals surface area contributed by atoms with Crippen LogP contribution in [0.3, 0.4) is 0 Å². The molecule has 4 nitrogen and oxygen atoms in total. The van der Waals surface area contributed by atoms with Crippen molar-refractivity contribution < 1.29 is 4.74 Å². The molecule has 0 amide bonds. The van der Waals surface area contributed by atoms with Gasteiger partial charge >= 0.3 is 0 Å². The van der Waals surface area contributed by atoms with E-state index in [0.717, 1.165) is 29.1 Å². The molecule has 0 bridgehead atoms. The molecule has 2 aromatic rings. The molecule has 1 atom stereocenters. The smallest absolute Gasteiger partial charge is 0.130 e. The zero-order chi connectivity index (χ0) is 13.8. The Balaban J connectivity index is 2.08. The van der Waals surface area contributed by atoms with Crippen LogP contribution < -0.4 is 10.5 Å². The molecule has 0 aliphatic rings. The van der Waals surface area contributed by atoms with Gasteiger partial charge in [0.1, 0.15) is 12.4 Å². The highest BCUT2D eigenvalue weighted by atomic mass is 16.5. The first-order valence-electron chi connectivity index (χ1n) is 6.59. The van der Waals surface area contributed by atoms with Gasteiger partial charge in [0.15, 0.2) is 0 Å². The van der Waals surface area contributed by atoms with Gasteiger partial charge in [-0.25, -0.2) is 4.98 Å². The third-order valence-electron chi connectivity index (χ3n) is 3.24. The van der Waals surface area contributed by atoms with E-state index in [2.05, 4.69) is 22.5 Å². The van der Waals surface area contributed by atoms with Crippen LogP contribution in [0.15, 0.2) is 30.7 Å². The van der Waals surface area contributed by atoms with Gasteiger partial charge in [0.2, 0.25) is 0 Å². The first kappa shape index (κ1) is 13.6. The number of hydrogen-bond donors (Lipinski definition) is 1.